The molecule has 0 aliphatic rings. The van der Waals surface area contributed by atoms with Crippen LogP contribution >= 0.6 is 11.6 Å². The summed E-state index contributed by atoms with van der Waals surface area (Å²) in [6.07, 6.45) is 0. The highest BCUT2D eigenvalue weighted by molar-refractivity contribution is 6.30. The van der Waals surface area contributed by atoms with E-state index in [-0.39, 0.29) is 18.0 Å². The van der Waals surface area contributed by atoms with Gasteiger partial charge in [-0.1, -0.05) is 23.7 Å². The summed E-state index contributed by atoms with van der Waals surface area (Å²) in [5, 5.41) is 11.2. The maximum atomic E-state index is 13.2. The van der Waals surface area contributed by atoms with E-state index in [1.165, 1.54) is 6.07 Å². The SMILES string of the molecule is O=[N+]([O-])c1cc(F)cc(OCc2ccc(Cl)cc2)c1. The van der Waals surface area contributed by atoms with Gasteiger partial charge < -0.3 is 4.74 Å². The second kappa shape index (κ2) is 5.67. The lowest BCUT2D eigenvalue weighted by atomic mass is 10.2. The predicted molar refractivity (Wildman–Crippen MR) is 68.8 cm³/mol. The van der Waals surface area contributed by atoms with Crippen LogP contribution in [0.1, 0.15) is 5.56 Å². The van der Waals surface area contributed by atoms with E-state index in [2.05, 4.69) is 0 Å². The number of non-ortho nitro benzene ring substituents is 1. The largest absolute Gasteiger partial charge is 0.489 e. The van der Waals surface area contributed by atoms with Crippen molar-refractivity contribution in [3.8, 4) is 5.75 Å². The predicted octanol–water partition coefficient (Wildman–Crippen LogP) is 3.97. The van der Waals surface area contributed by atoms with E-state index in [4.69, 9.17) is 16.3 Å². The van der Waals surface area contributed by atoms with Gasteiger partial charge in [-0.05, 0) is 17.7 Å². The van der Waals surface area contributed by atoms with Gasteiger partial charge in [-0.25, -0.2) is 4.39 Å². The smallest absolute Gasteiger partial charge is 0.276 e. The maximum absolute atomic E-state index is 13.2. The minimum atomic E-state index is -0.708. The summed E-state index contributed by atoms with van der Waals surface area (Å²) in [4.78, 5) is 9.92. The lowest BCUT2D eigenvalue weighted by Crippen LogP contribution is -1.97. The van der Waals surface area contributed by atoms with Crippen LogP contribution in [0.3, 0.4) is 0 Å². The summed E-state index contributed by atoms with van der Waals surface area (Å²) < 4.78 is 18.5. The molecule has 2 aromatic rings. The molecular formula is C13H9ClFNO3. The first-order valence-corrected chi connectivity index (χ1v) is 5.74. The number of ether oxygens (including phenoxy) is 1. The average molecular weight is 282 g/mol. The molecule has 0 fully saturated rings. The number of halogens is 2. The van der Waals surface area contributed by atoms with Crippen LogP contribution in [0.5, 0.6) is 5.75 Å². The standard InChI is InChI=1S/C13H9ClFNO3/c14-10-3-1-9(2-4-10)8-19-13-6-11(15)5-12(7-13)16(17)18/h1-7H,8H2. The van der Waals surface area contributed by atoms with Crippen molar-refractivity contribution in [1.29, 1.82) is 0 Å². The zero-order chi connectivity index (χ0) is 13.8. The molecule has 0 radical (unpaired) electrons. The molecule has 0 amide bonds. The monoisotopic (exact) mass is 281 g/mol. The van der Waals surface area contributed by atoms with Crippen molar-refractivity contribution in [2.45, 2.75) is 6.61 Å². The van der Waals surface area contributed by atoms with Gasteiger partial charge in [0.1, 0.15) is 18.2 Å². The summed E-state index contributed by atoms with van der Waals surface area (Å²) in [7, 11) is 0. The van der Waals surface area contributed by atoms with Crippen LogP contribution in [0.15, 0.2) is 42.5 Å². The molecule has 0 heterocycles. The van der Waals surface area contributed by atoms with E-state index in [9.17, 15) is 14.5 Å². The van der Waals surface area contributed by atoms with Crippen LogP contribution in [0.4, 0.5) is 10.1 Å². The quantitative estimate of drug-likeness (QED) is 0.629. The fourth-order valence-corrected chi connectivity index (χ4v) is 1.61. The van der Waals surface area contributed by atoms with Crippen molar-refractivity contribution in [1.82, 2.24) is 0 Å². The molecule has 0 aliphatic heterocycles. The van der Waals surface area contributed by atoms with Crippen LogP contribution in [0.25, 0.3) is 0 Å². The van der Waals surface area contributed by atoms with Gasteiger partial charge in [0, 0.05) is 11.1 Å². The Morgan fingerprint density at radius 3 is 2.53 bits per heavy atom. The van der Waals surface area contributed by atoms with Crippen LogP contribution in [0, 0.1) is 15.9 Å². The Labute approximate surface area is 113 Å². The highest BCUT2D eigenvalue weighted by atomic mass is 35.5. The highest BCUT2D eigenvalue weighted by Gasteiger charge is 2.10. The number of nitro groups is 1. The molecule has 0 aliphatic carbocycles. The zero-order valence-corrected chi connectivity index (χ0v) is 10.4. The van der Waals surface area contributed by atoms with Crippen molar-refractivity contribution in [3.05, 3.63) is 69.0 Å². The van der Waals surface area contributed by atoms with Crippen molar-refractivity contribution in [2.75, 3.05) is 0 Å². The van der Waals surface area contributed by atoms with Crippen LogP contribution in [0.2, 0.25) is 5.02 Å². The summed E-state index contributed by atoms with van der Waals surface area (Å²) in [5.74, 6) is -0.595. The van der Waals surface area contributed by atoms with E-state index in [0.717, 1.165) is 17.7 Å². The average Bonchev–Trinajstić information content (AvgIpc) is 2.37. The number of hydrogen-bond acceptors (Lipinski definition) is 3. The molecule has 2 aromatic carbocycles. The van der Waals surface area contributed by atoms with Gasteiger partial charge in [-0.15, -0.1) is 0 Å². The van der Waals surface area contributed by atoms with E-state index >= 15 is 0 Å². The summed E-state index contributed by atoms with van der Waals surface area (Å²) in [6, 6.07) is 10.0. The van der Waals surface area contributed by atoms with Gasteiger partial charge in [-0.3, -0.25) is 10.1 Å². The lowest BCUT2D eigenvalue weighted by molar-refractivity contribution is -0.385. The Kier molecular flexibility index (Phi) is 3.97. The Morgan fingerprint density at radius 2 is 1.89 bits per heavy atom. The summed E-state index contributed by atoms with van der Waals surface area (Å²) in [5.41, 5.74) is 0.488. The Hall–Kier alpha value is -2.14. The van der Waals surface area contributed by atoms with Crippen molar-refractivity contribution < 1.29 is 14.1 Å². The topological polar surface area (TPSA) is 52.4 Å². The van der Waals surface area contributed by atoms with Crippen molar-refractivity contribution in [3.63, 3.8) is 0 Å². The molecule has 4 nitrogen and oxygen atoms in total. The summed E-state index contributed by atoms with van der Waals surface area (Å²) >= 11 is 5.74. The molecule has 0 saturated carbocycles. The van der Waals surface area contributed by atoms with Crippen molar-refractivity contribution >= 4 is 17.3 Å². The fourth-order valence-electron chi connectivity index (χ4n) is 1.48. The van der Waals surface area contributed by atoms with E-state index in [1.807, 2.05) is 0 Å². The molecular weight excluding hydrogens is 273 g/mol. The van der Waals surface area contributed by atoms with Crippen LogP contribution in [-0.2, 0) is 6.61 Å². The van der Waals surface area contributed by atoms with Crippen LogP contribution in [-0.4, -0.2) is 4.92 Å². The molecule has 19 heavy (non-hydrogen) atoms. The molecule has 0 bridgehead atoms. The summed E-state index contributed by atoms with van der Waals surface area (Å²) in [6.45, 7) is 0.178. The minimum absolute atomic E-state index is 0.113. The Morgan fingerprint density at radius 1 is 1.21 bits per heavy atom. The molecule has 0 atom stereocenters. The fraction of sp³-hybridized carbons (Fsp3) is 0.0769. The first-order chi connectivity index (χ1) is 9.04. The molecule has 0 N–H and O–H groups in total. The van der Waals surface area contributed by atoms with Crippen molar-refractivity contribution in [2.24, 2.45) is 0 Å². The normalized spacial score (nSPS) is 10.2. The third-order valence-electron chi connectivity index (χ3n) is 2.39. The van der Waals surface area contributed by atoms with E-state index in [0.29, 0.717) is 5.02 Å². The number of nitro benzene ring substituents is 1. The molecule has 98 valence electrons. The van der Waals surface area contributed by atoms with Gasteiger partial charge in [0.2, 0.25) is 0 Å². The first kappa shape index (κ1) is 13.3. The molecule has 0 unspecified atom stereocenters. The lowest BCUT2D eigenvalue weighted by Gasteiger charge is -2.06. The molecule has 0 spiro atoms. The van der Waals surface area contributed by atoms with Gasteiger partial charge in [0.25, 0.3) is 5.69 Å². The van der Waals surface area contributed by atoms with Gasteiger partial charge in [0.05, 0.1) is 17.1 Å². The van der Waals surface area contributed by atoms with E-state index in [1.54, 1.807) is 24.3 Å². The Balaban J connectivity index is 2.11. The van der Waals surface area contributed by atoms with E-state index < -0.39 is 10.7 Å². The van der Waals surface area contributed by atoms with Crippen LogP contribution < -0.4 is 4.74 Å². The zero-order valence-electron chi connectivity index (χ0n) is 9.68. The molecule has 6 heteroatoms. The number of hydrogen-bond donors (Lipinski definition) is 0. The number of nitrogens with zero attached hydrogens (tertiary/aromatic N) is 1. The third kappa shape index (κ3) is 3.66. The molecule has 0 aromatic heterocycles. The number of rotatable bonds is 4. The third-order valence-corrected chi connectivity index (χ3v) is 2.64. The number of benzene rings is 2. The molecule has 2 rings (SSSR count). The Bertz CT molecular complexity index is 601. The highest BCUT2D eigenvalue weighted by Crippen LogP contribution is 2.23. The second-order valence-corrected chi connectivity index (χ2v) is 4.25. The molecule has 0 saturated heterocycles. The van der Waals surface area contributed by atoms with Gasteiger partial charge in [0.15, 0.2) is 0 Å². The van der Waals surface area contributed by atoms with Gasteiger partial charge >= 0.3 is 0 Å². The maximum Gasteiger partial charge on any atom is 0.276 e. The minimum Gasteiger partial charge on any atom is -0.489 e. The first-order valence-electron chi connectivity index (χ1n) is 5.37. The second-order valence-electron chi connectivity index (χ2n) is 3.82. The van der Waals surface area contributed by atoms with Gasteiger partial charge in [-0.2, -0.15) is 0 Å².